The summed E-state index contributed by atoms with van der Waals surface area (Å²) in [6.07, 6.45) is 2.29. The van der Waals surface area contributed by atoms with Gasteiger partial charge in [0, 0.05) is 11.1 Å². The molecule has 1 heterocycles. The predicted octanol–water partition coefficient (Wildman–Crippen LogP) is 3.52. The van der Waals surface area contributed by atoms with E-state index >= 15 is 0 Å². The summed E-state index contributed by atoms with van der Waals surface area (Å²) < 4.78 is 1.88. The zero-order chi connectivity index (χ0) is 14.7. The molecule has 3 N–H and O–H groups in total. The van der Waals surface area contributed by atoms with Crippen molar-refractivity contribution in [3.05, 3.63) is 51.8 Å². The quantitative estimate of drug-likeness (QED) is 0.656. The SMILES string of the molecule is CC(C)n1ncc(Cl)c1C(Cc1ccccc1Cl)NN. The van der Waals surface area contributed by atoms with Gasteiger partial charge in [0.1, 0.15) is 0 Å². The van der Waals surface area contributed by atoms with Gasteiger partial charge < -0.3 is 0 Å². The molecule has 108 valence electrons. The highest BCUT2D eigenvalue weighted by Gasteiger charge is 2.21. The number of hydrogen-bond acceptors (Lipinski definition) is 3. The first-order valence-electron chi connectivity index (χ1n) is 6.47. The number of nitrogens with zero attached hydrogens (tertiary/aromatic N) is 2. The van der Waals surface area contributed by atoms with E-state index in [2.05, 4.69) is 24.4 Å². The minimum absolute atomic E-state index is 0.146. The molecule has 0 saturated heterocycles. The van der Waals surface area contributed by atoms with Crippen LogP contribution in [-0.2, 0) is 6.42 Å². The highest BCUT2D eigenvalue weighted by atomic mass is 35.5. The van der Waals surface area contributed by atoms with E-state index in [1.54, 1.807) is 6.20 Å². The maximum absolute atomic E-state index is 6.26. The Morgan fingerprint density at radius 1 is 1.25 bits per heavy atom. The van der Waals surface area contributed by atoms with Gasteiger partial charge in [-0.2, -0.15) is 5.10 Å². The molecule has 0 aliphatic carbocycles. The van der Waals surface area contributed by atoms with Crippen molar-refractivity contribution in [3.63, 3.8) is 0 Å². The van der Waals surface area contributed by atoms with Gasteiger partial charge in [-0.3, -0.25) is 16.0 Å². The topological polar surface area (TPSA) is 55.9 Å². The third-order valence-electron chi connectivity index (χ3n) is 3.19. The van der Waals surface area contributed by atoms with Gasteiger partial charge >= 0.3 is 0 Å². The second-order valence-corrected chi connectivity index (χ2v) is 5.75. The molecule has 1 aromatic heterocycles. The van der Waals surface area contributed by atoms with Crippen molar-refractivity contribution in [3.8, 4) is 0 Å². The van der Waals surface area contributed by atoms with Crippen molar-refractivity contribution in [1.82, 2.24) is 15.2 Å². The van der Waals surface area contributed by atoms with Gasteiger partial charge in [0.05, 0.1) is 23.0 Å². The zero-order valence-electron chi connectivity index (χ0n) is 11.5. The highest BCUT2D eigenvalue weighted by molar-refractivity contribution is 6.31. The summed E-state index contributed by atoms with van der Waals surface area (Å²) >= 11 is 12.5. The average molecular weight is 313 g/mol. The first-order chi connectivity index (χ1) is 9.54. The molecular formula is C14H18Cl2N4. The molecule has 2 aromatic rings. The number of rotatable bonds is 5. The largest absolute Gasteiger partial charge is 0.271 e. The number of hydrogen-bond donors (Lipinski definition) is 2. The maximum Gasteiger partial charge on any atom is 0.0834 e. The number of nitrogens with one attached hydrogen (secondary N) is 1. The molecule has 1 aromatic carbocycles. The fraction of sp³-hybridized carbons (Fsp3) is 0.357. The van der Waals surface area contributed by atoms with E-state index in [0.717, 1.165) is 16.3 Å². The van der Waals surface area contributed by atoms with Crippen LogP contribution in [0, 0.1) is 0 Å². The third-order valence-corrected chi connectivity index (χ3v) is 3.85. The Labute approximate surface area is 128 Å². The van der Waals surface area contributed by atoms with Crippen molar-refractivity contribution in [1.29, 1.82) is 0 Å². The van der Waals surface area contributed by atoms with Crippen LogP contribution in [-0.4, -0.2) is 9.78 Å². The van der Waals surface area contributed by atoms with Gasteiger partial charge in [-0.05, 0) is 31.9 Å². The molecule has 0 fully saturated rings. The molecule has 6 heteroatoms. The minimum atomic E-state index is -0.146. The fourth-order valence-corrected chi connectivity index (χ4v) is 2.68. The number of hydrazine groups is 1. The summed E-state index contributed by atoms with van der Waals surface area (Å²) in [5, 5.41) is 5.63. The van der Waals surface area contributed by atoms with Crippen LogP contribution in [0.3, 0.4) is 0 Å². The van der Waals surface area contributed by atoms with Crippen molar-refractivity contribution in [2.45, 2.75) is 32.4 Å². The maximum atomic E-state index is 6.26. The molecule has 0 aliphatic heterocycles. The van der Waals surface area contributed by atoms with Crippen molar-refractivity contribution < 1.29 is 0 Å². The van der Waals surface area contributed by atoms with Gasteiger partial charge in [0.2, 0.25) is 0 Å². The minimum Gasteiger partial charge on any atom is -0.271 e. The molecule has 4 nitrogen and oxygen atoms in total. The van der Waals surface area contributed by atoms with Crippen LogP contribution in [0.1, 0.15) is 37.2 Å². The summed E-state index contributed by atoms with van der Waals surface area (Å²) in [7, 11) is 0. The lowest BCUT2D eigenvalue weighted by molar-refractivity contribution is 0.448. The van der Waals surface area contributed by atoms with Crippen LogP contribution < -0.4 is 11.3 Å². The van der Waals surface area contributed by atoms with Crippen LogP contribution in [0.4, 0.5) is 0 Å². The van der Waals surface area contributed by atoms with Gasteiger partial charge in [-0.15, -0.1) is 0 Å². The molecule has 2 rings (SSSR count). The molecule has 20 heavy (non-hydrogen) atoms. The monoisotopic (exact) mass is 312 g/mol. The molecule has 0 saturated carbocycles. The lowest BCUT2D eigenvalue weighted by Gasteiger charge is -2.20. The van der Waals surface area contributed by atoms with E-state index < -0.39 is 0 Å². The summed E-state index contributed by atoms with van der Waals surface area (Å²) in [6, 6.07) is 7.77. The molecular weight excluding hydrogens is 295 g/mol. The Balaban J connectivity index is 2.34. The van der Waals surface area contributed by atoms with Crippen molar-refractivity contribution in [2.75, 3.05) is 0 Å². The fourth-order valence-electron chi connectivity index (χ4n) is 2.21. The Bertz CT molecular complexity index is 580. The molecule has 1 unspecified atom stereocenters. The second kappa shape index (κ2) is 6.59. The summed E-state index contributed by atoms with van der Waals surface area (Å²) in [5.74, 6) is 5.71. The third kappa shape index (κ3) is 3.15. The van der Waals surface area contributed by atoms with E-state index in [9.17, 15) is 0 Å². The van der Waals surface area contributed by atoms with Crippen molar-refractivity contribution in [2.24, 2.45) is 5.84 Å². The number of halogens is 2. The second-order valence-electron chi connectivity index (χ2n) is 4.93. The molecule has 0 radical (unpaired) electrons. The van der Waals surface area contributed by atoms with E-state index in [-0.39, 0.29) is 12.1 Å². The van der Waals surface area contributed by atoms with Crippen LogP contribution >= 0.6 is 23.2 Å². The first-order valence-corrected chi connectivity index (χ1v) is 7.22. The van der Waals surface area contributed by atoms with E-state index in [0.29, 0.717) is 11.4 Å². The lowest BCUT2D eigenvalue weighted by atomic mass is 10.0. The Kier molecular flexibility index (Phi) is 5.05. The zero-order valence-corrected chi connectivity index (χ0v) is 13.0. The number of benzene rings is 1. The van der Waals surface area contributed by atoms with Gasteiger partial charge in [-0.1, -0.05) is 41.4 Å². The molecule has 0 aliphatic rings. The van der Waals surface area contributed by atoms with Gasteiger partial charge in [0.15, 0.2) is 0 Å². The Hall–Kier alpha value is -1.07. The van der Waals surface area contributed by atoms with E-state index in [1.807, 2.05) is 28.9 Å². The lowest BCUT2D eigenvalue weighted by Crippen LogP contribution is -2.32. The molecule has 0 bridgehead atoms. The summed E-state index contributed by atoms with van der Waals surface area (Å²) in [4.78, 5) is 0. The van der Waals surface area contributed by atoms with Crippen LogP contribution in [0.25, 0.3) is 0 Å². The summed E-state index contributed by atoms with van der Waals surface area (Å²) in [5.41, 5.74) is 4.71. The Morgan fingerprint density at radius 3 is 2.55 bits per heavy atom. The molecule has 0 amide bonds. The van der Waals surface area contributed by atoms with Crippen LogP contribution in [0.15, 0.2) is 30.5 Å². The van der Waals surface area contributed by atoms with Crippen molar-refractivity contribution >= 4 is 23.2 Å². The van der Waals surface area contributed by atoms with Gasteiger partial charge in [0.25, 0.3) is 0 Å². The number of nitrogens with two attached hydrogens (primary N) is 1. The van der Waals surface area contributed by atoms with Gasteiger partial charge in [-0.25, -0.2) is 0 Å². The Morgan fingerprint density at radius 2 is 1.95 bits per heavy atom. The highest BCUT2D eigenvalue weighted by Crippen LogP contribution is 2.29. The predicted molar refractivity (Wildman–Crippen MR) is 82.8 cm³/mol. The average Bonchev–Trinajstić information content (AvgIpc) is 2.80. The van der Waals surface area contributed by atoms with E-state index in [4.69, 9.17) is 29.0 Å². The standard InChI is InChI=1S/C14H18Cl2N4/c1-9(2)20-14(12(16)8-18-20)13(19-17)7-10-5-3-4-6-11(10)15/h3-6,8-9,13,19H,7,17H2,1-2H3. The first kappa shape index (κ1) is 15.3. The number of aromatic nitrogens is 2. The summed E-state index contributed by atoms with van der Waals surface area (Å²) in [6.45, 7) is 4.10. The molecule has 1 atom stereocenters. The molecule has 0 spiro atoms. The van der Waals surface area contributed by atoms with E-state index in [1.165, 1.54) is 0 Å². The van der Waals surface area contributed by atoms with Crippen LogP contribution in [0.5, 0.6) is 0 Å². The van der Waals surface area contributed by atoms with Crippen LogP contribution in [0.2, 0.25) is 10.0 Å². The normalized spacial score (nSPS) is 12.9. The smallest absolute Gasteiger partial charge is 0.0834 e.